The van der Waals surface area contributed by atoms with Gasteiger partial charge < -0.3 is 4.90 Å². The molecule has 5 nitrogen and oxygen atoms in total. The number of fused-ring (bicyclic) bond motifs is 5. The van der Waals surface area contributed by atoms with Crippen molar-refractivity contribution in [2.75, 3.05) is 13.1 Å². The molecule has 4 rings (SSSR count). The molecule has 3 aliphatic rings. The van der Waals surface area contributed by atoms with Gasteiger partial charge in [-0.2, -0.15) is 0 Å². The van der Waals surface area contributed by atoms with Crippen molar-refractivity contribution in [1.29, 1.82) is 0 Å². The van der Waals surface area contributed by atoms with E-state index in [-0.39, 0.29) is 54.4 Å². The predicted molar refractivity (Wildman–Crippen MR) is 96.6 cm³/mol. The van der Waals surface area contributed by atoms with Gasteiger partial charge in [-0.3, -0.25) is 19.3 Å². The van der Waals surface area contributed by atoms with Crippen molar-refractivity contribution in [2.24, 2.45) is 23.7 Å². The maximum Gasteiger partial charge on any atom is 0.233 e. The maximum absolute atomic E-state index is 12.7. The molecule has 0 N–H and O–H groups in total. The Bertz CT molecular complexity index is 728. The van der Waals surface area contributed by atoms with Gasteiger partial charge in [0.05, 0.1) is 11.8 Å². The third-order valence-electron chi connectivity index (χ3n) is 6.06. The quantitative estimate of drug-likeness (QED) is 0.583. The van der Waals surface area contributed by atoms with E-state index in [1.165, 1.54) is 4.90 Å². The van der Waals surface area contributed by atoms with E-state index in [0.717, 1.165) is 12.0 Å². The van der Waals surface area contributed by atoms with Gasteiger partial charge in [0, 0.05) is 26.1 Å². The molecule has 1 heterocycles. The fourth-order valence-corrected chi connectivity index (χ4v) is 4.73. The summed E-state index contributed by atoms with van der Waals surface area (Å²) >= 11 is 0. The van der Waals surface area contributed by atoms with Crippen molar-refractivity contribution < 1.29 is 14.4 Å². The molecule has 1 aromatic carbocycles. The van der Waals surface area contributed by atoms with Crippen molar-refractivity contribution in [3.8, 4) is 0 Å². The van der Waals surface area contributed by atoms with Crippen molar-refractivity contribution >= 4 is 17.7 Å². The number of allylic oxidation sites excluding steroid dienone is 2. The second-order valence-corrected chi connectivity index (χ2v) is 7.47. The predicted octanol–water partition coefficient (Wildman–Crippen LogP) is 2.23. The smallest absolute Gasteiger partial charge is 0.233 e. The average molecular weight is 352 g/mol. The van der Waals surface area contributed by atoms with Gasteiger partial charge in [-0.15, -0.1) is 0 Å². The molecule has 136 valence electrons. The van der Waals surface area contributed by atoms with Gasteiger partial charge in [-0.1, -0.05) is 42.5 Å². The molecule has 1 saturated carbocycles. The van der Waals surface area contributed by atoms with Crippen LogP contribution in [0.3, 0.4) is 0 Å². The SMILES string of the molecule is CCN(Cc1ccccc1)C(=O)CCN1C(=O)C2C3C=CC(C3)C2C1=O. The second-order valence-electron chi connectivity index (χ2n) is 7.47. The summed E-state index contributed by atoms with van der Waals surface area (Å²) in [5.41, 5.74) is 1.08. The van der Waals surface area contributed by atoms with E-state index in [9.17, 15) is 14.4 Å². The van der Waals surface area contributed by atoms with Gasteiger partial charge in [0.15, 0.2) is 0 Å². The van der Waals surface area contributed by atoms with Crippen molar-refractivity contribution in [3.05, 3.63) is 48.0 Å². The van der Waals surface area contributed by atoms with Crippen molar-refractivity contribution in [3.63, 3.8) is 0 Å². The van der Waals surface area contributed by atoms with Crippen molar-refractivity contribution in [1.82, 2.24) is 9.80 Å². The minimum Gasteiger partial charge on any atom is -0.339 e. The molecule has 1 saturated heterocycles. The summed E-state index contributed by atoms with van der Waals surface area (Å²) < 4.78 is 0. The summed E-state index contributed by atoms with van der Waals surface area (Å²) in [5.74, 6) is -0.0974. The number of carbonyl (C=O) groups excluding carboxylic acids is 3. The molecule has 4 atom stereocenters. The number of rotatable bonds is 6. The zero-order valence-electron chi connectivity index (χ0n) is 15.0. The highest BCUT2D eigenvalue weighted by Crippen LogP contribution is 2.52. The van der Waals surface area contributed by atoms with Gasteiger partial charge in [-0.25, -0.2) is 0 Å². The number of benzene rings is 1. The highest BCUT2D eigenvalue weighted by molar-refractivity contribution is 6.06. The molecule has 0 aromatic heterocycles. The Hall–Kier alpha value is -2.43. The summed E-state index contributed by atoms with van der Waals surface area (Å²) in [4.78, 5) is 41.1. The Kier molecular flexibility index (Phi) is 4.39. The molecule has 0 spiro atoms. The first-order chi connectivity index (χ1) is 12.6. The van der Waals surface area contributed by atoms with E-state index in [0.29, 0.717) is 13.1 Å². The van der Waals surface area contributed by atoms with E-state index in [1.807, 2.05) is 37.3 Å². The fourth-order valence-electron chi connectivity index (χ4n) is 4.73. The minimum absolute atomic E-state index is 0.0184. The number of likely N-dealkylation sites (tertiary alicyclic amines) is 1. The van der Waals surface area contributed by atoms with Crippen LogP contribution in [0.2, 0.25) is 0 Å². The van der Waals surface area contributed by atoms with Crippen LogP contribution in [0, 0.1) is 23.7 Å². The summed E-state index contributed by atoms with van der Waals surface area (Å²) in [6.07, 6.45) is 5.30. The molecule has 4 unspecified atom stereocenters. The van der Waals surface area contributed by atoms with Gasteiger partial charge in [-0.05, 0) is 30.7 Å². The highest BCUT2D eigenvalue weighted by atomic mass is 16.2. The number of imide groups is 1. The van der Waals surface area contributed by atoms with E-state index < -0.39 is 0 Å². The van der Waals surface area contributed by atoms with E-state index in [4.69, 9.17) is 0 Å². The van der Waals surface area contributed by atoms with Crippen LogP contribution in [-0.2, 0) is 20.9 Å². The normalized spacial score (nSPS) is 28.7. The molecule has 2 bridgehead atoms. The van der Waals surface area contributed by atoms with Crippen LogP contribution in [0.25, 0.3) is 0 Å². The summed E-state index contributed by atoms with van der Waals surface area (Å²) in [6, 6.07) is 9.85. The van der Waals surface area contributed by atoms with Crippen LogP contribution in [-0.4, -0.2) is 40.6 Å². The van der Waals surface area contributed by atoms with E-state index in [2.05, 4.69) is 12.2 Å². The first kappa shape index (κ1) is 17.0. The molecular weight excluding hydrogens is 328 g/mol. The number of amides is 3. The Morgan fingerprint density at radius 2 is 1.69 bits per heavy atom. The molecular formula is C21H24N2O3. The van der Waals surface area contributed by atoms with Gasteiger partial charge in [0.1, 0.15) is 0 Å². The molecule has 5 heteroatoms. The van der Waals surface area contributed by atoms with Crippen LogP contribution in [0.15, 0.2) is 42.5 Å². The number of carbonyl (C=O) groups is 3. The first-order valence-electron chi connectivity index (χ1n) is 9.45. The van der Waals surface area contributed by atoms with Crippen LogP contribution in [0.1, 0.15) is 25.3 Å². The number of nitrogens with zero attached hydrogens (tertiary/aromatic N) is 2. The molecule has 0 radical (unpaired) electrons. The Balaban J connectivity index is 1.37. The lowest BCUT2D eigenvalue weighted by Gasteiger charge is -2.23. The lowest BCUT2D eigenvalue weighted by molar-refractivity contribution is -0.141. The van der Waals surface area contributed by atoms with Gasteiger partial charge in [0.25, 0.3) is 0 Å². The maximum atomic E-state index is 12.7. The topological polar surface area (TPSA) is 57.7 Å². The van der Waals surface area contributed by atoms with Crippen LogP contribution >= 0.6 is 0 Å². The number of hydrogen-bond acceptors (Lipinski definition) is 3. The lowest BCUT2D eigenvalue weighted by atomic mass is 9.85. The van der Waals surface area contributed by atoms with Crippen LogP contribution in [0.5, 0.6) is 0 Å². The lowest BCUT2D eigenvalue weighted by Crippen LogP contribution is -2.38. The summed E-state index contributed by atoms with van der Waals surface area (Å²) in [5, 5.41) is 0. The van der Waals surface area contributed by atoms with Gasteiger partial charge in [0.2, 0.25) is 17.7 Å². The third kappa shape index (κ3) is 2.75. The third-order valence-corrected chi connectivity index (χ3v) is 6.06. The zero-order valence-corrected chi connectivity index (χ0v) is 15.0. The Labute approximate surface area is 153 Å². The molecule has 1 aliphatic heterocycles. The summed E-state index contributed by atoms with van der Waals surface area (Å²) in [7, 11) is 0. The Morgan fingerprint density at radius 1 is 1.08 bits per heavy atom. The summed E-state index contributed by atoms with van der Waals surface area (Å²) in [6.45, 7) is 3.31. The minimum atomic E-state index is -0.181. The van der Waals surface area contributed by atoms with Gasteiger partial charge >= 0.3 is 0 Å². The molecule has 3 amide bonds. The second kappa shape index (κ2) is 6.71. The zero-order chi connectivity index (χ0) is 18.3. The van der Waals surface area contributed by atoms with E-state index in [1.54, 1.807) is 4.90 Å². The standard InChI is InChI=1S/C21H24N2O3/c1-2-22(13-14-6-4-3-5-7-14)17(24)10-11-23-20(25)18-15-8-9-16(12-15)19(18)21(23)26/h3-9,15-16,18-19H,2,10-13H2,1H3. The average Bonchev–Trinajstić information content (AvgIpc) is 3.33. The monoisotopic (exact) mass is 352 g/mol. The molecule has 2 aliphatic carbocycles. The van der Waals surface area contributed by atoms with Crippen molar-refractivity contribution in [2.45, 2.75) is 26.3 Å². The largest absolute Gasteiger partial charge is 0.339 e. The van der Waals surface area contributed by atoms with Crippen LogP contribution < -0.4 is 0 Å². The number of hydrogen-bond donors (Lipinski definition) is 0. The van der Waals surface area contributed by atoms with Crippen LogP contribution in [0.4, 0.5) is 0 Å². The Morgan fingerprint density at radius 3 is 2.27 bits per heavy atom. The molecule has 26 heavy (non-hydrogen) atoms. The fraction of sp³-hybridized carbons (Fsp3) is 0.476. The molecule has 1 aromatic rings. The van der Waals surface area contributed by atoms with E-state index >= 15 is 0 Å². The first-order valence-corrected chi connectivity index (χ1v) is 9.45. The molecule has 2 fully saturated rings. The highest BCUT2D eigenvalue weighted by Gasteiger charge is 2.59.